The molecule has 0 aliphatic heterocycles. The van der Waals surface area contributed by atoms with Gasteiger partial charge in [-0.1, -0.05) is 28.1 Å². The third kappa shape index (κ3) is 2.29. The van der Waals surface area contributed by atoms with E-state index >= 15 is 0 Å². The van der Waals surface area contributed by atoms with Gasteiger partial charge in [-0.2, -0.15) is 0 Å². The smallest absolute Gasteiger partial charge is 0.408 e. The number of halogens is 1. The molecule has 0 atom stereocenters. The van der Waals surface area contributed by atoms with Crippen LogP contribution < -0.4 is 11.5 Å². The summed E-state index contributed by atoms with van der Waals surface area (Å²) in [6.45, 7) is 0.475. The zero-order valence-corrected chi connectivity index (χ0v) is 11.6. The fraction of sp³-hybridized carbons (Fsp3) is 0.0714. The molecule has 0 amide bonds. The lowest BCUT2D eigenvalue weighted by molar-refractivity contribution is 0.518. The molecule has 0 saturated carbocycles. The Morgan fingerprint density at radius 2 is 1.89 bits per heavy atom. The molecule has 0 saturated heterocycles. The summed E-state index contributed by atoms with van der Waals surface area (Å²) in [5.74, 6) is -0.372. The maximum atomic E-state index is 11.9. The number of benzene rings is 2. The summed E-state index contributed by atoms with van der Waals surface area (Å²) in [4.78, 5) is 11.9. The quantitative estimate of drug-likeness (QED) is 0.739. The summed E-state index contributed by atoms with van der Waals surface area (Å²) in [5, 5.41) is 0. The van der Waals surface area contributed by atoms with Crippen LogP contribution in [0.3, 0.4) is 0 Å². The number of nitrogens with two attached hydrogens (primary N) is 1. The number of hydrogen-bond acceptors (Lipinski definition) is 3. The average Bonchev–Trinajstić information content (AvgIpc) is 2.68. The molecule has 0 unspecified atom stereocenters. The van der Waals surface area contributed by atoms with Gasteiger partial charge >= 0.3 is 5.76 Å². The molecule has 0 fully saturated rings. The predicted molar refractivity (Wildman–Crippen MR) is 78.1 cm³/mol. The van der Waals surface area contributed by atoms with E-state index in [0.29, 0.717) is 17.8 Å². The molecule has 0 spiro atoms. The first kappa shape index (κ1) is 12.0. The van der Waals surface area contributed by atoms with Gasteiger partial charge in [-0.25, -0.2) is 4.79 Å². The number of aromatic nitrogens is 1. The van der Waals surface area contributed by atoms with Crippen LogP contribution >= 0.6 is 15.9 Å². The molecule has 19 heavy (non-hydrogen) atoms. The molecule has 1 heterocycles. The number of hydrogen-bond donors (Lipinski definition) is 1. The van der Waals surface area contributed by atoms with Gasteiger partial charge in [0.25, 0.3) is 0 Å². The minimum atomic E-state index is -0.372. The van der Waals surface area contributed by atoms with Crippen molar-refractivity contribution in [3.05, 3.63) is 63.1 Å². The Labute approximate surface area is 117 Å². The van der Waals surface area contributed by atoms with E-state index in [9.17, 15) is 4.79 Å². The van der Waals surface area contributed by atoms with Crippen molar-refractivity contribution in [2.45, 2.75) is 6.54 Å². The molecule has 0 aliphatic carbocycles. The monoisotopic (exact) mass is 318 g/mol. The lowest BCUT2D eigenvalue weighted by Gasteiger charge is -2.03. The second kappa shape index (κ2) is 4.59. The Morgan fingerprint density at radius 3 is 2.63 bits per heavy atom. The number of nitrogen functional groups attached to an aromatic ring is 1. The molecular formula is C14H11BrN2O2. The number of oxazole rings is 1. The van der Waals surface area contributed by atoms with Gasteiger partial charge in [0.05, 0.1) is 12.1 Å². The van der Waals surface area contributed by atoms with E-state index in [-0.39, 0.29) is 5.76 Å². The van der Waals surface area contributed by atoms with Gasteiger partial charge in [-0.3, -0.25) is 4.57 Å². The van der Waals surface area contributed by atoms with Crippen molar-refractivity contribution in [1.29, 1.82) is 0 Å². The van der Waals surface area contributed by atoms with Crippen LogP contribution in [0.25, 0.3) is 11.1 Å². The van der Waals surface area contributed by atoms with Crippen LogP contribution in [0.15, 0.2) is 56.1 Å². The topological polar surface area (TPSA) is 61.2 Å². The van der Waals surface area contributed by atoms with Gasteiger partial charge in [0.1, 0.15) is 0 Å². The molecule has 0 aliphatic rings. The van der Waals surface area contributed by atoms with E-state index in [1.165, 1.54) is 0 Å². The van der Waals surface area contributed by atoms with Crippen LogP contribution in [0.5, 0.6) is 0 Å². The molecule has 0 bridgehead atoms. The van der Waals surface area contributed by atoms with E-state index in [2.05, 4.69) is 15.9 Å². The third-order valence-electron chi connectivity index (χ3n) is 2.95. The lowest BCUT2D eigenvalue weighted by Crippen LogP contribution is -2.14. The first-order valence-electron chi connectivity index (χ1n) is 5.77. The summed E-state index contributed by atoms with van der Waals surface area (Å²) in [7, 11) is 0. The molecule has 2 aromatic carbocycles. The second-order valence-electron chi connectivity index (χ2n) is 4.31. The molecule has 5 heteroatoms. The van der Waals surface area contributed by atoms with Crippen LogP contribution in [0, 0.1) is 0 Å². The van der Waals surface area contributed by atoms with Crippen molar-refractivity contribution in [3.63, 3.8) is 0 Å². The average molecular weight is 319 g/mol. The van der Waals surface area contributed by atoms with E-state index in [1.54, 1.807) is 22.8 Å². The molecule has 0 radical (unpaired) electrons. The standard InChI is InChI=1S/C14H11BrN2O2/c15-10-3-1-9(2-4-10)8-17-12-6-5-11(16)7-13(12)19-14(17)18/h1-7H,8,16H2. The summed E-state index contributed by atoms with van der Waals surface area (Å²) in [6, 6.07) is 13.0. The lowest BCUT2D eigenvalue weighted by atomic mass is 10.2. The summed E-state index contributed by atoms with van der Waals surface area (Å²) < 4.78 is 7.80. The van der Waals surface area contributed by atoms with Crippen molar-refractivity contribution < 1.29 is 4.42 Å². The number of fused-ring (bicyclic) bond motifs is 1. The minimum absolute atomic E-state index is 0.372. The van der Waals surface area contributed by atoms with E-state index in [4.69, 9.17) is 10.2 Å². The SMILES string of the molecule is Nc1ccc2c(c1)oc(=O)n2Cc1ccc(Br)cc1. The molecule has 3 aromatic rings. The predicted octanol–water partition coefficient (Wildman–Crippen LogP) is 2.99. The van der Waals surface area contributed by atoms with Crippen molar-refractivity contribution in [2.24, 2.45) is 0 Å². The second-order valence-corrected chi connectivity index (χ2v) is 5.22. The highest BCUT2D eigenvalue weighted by atomic mass is 79.9. The van der Waals surface area contributed by atoms with Crippen molar-refractivity contribution in [1.82, 2.24) is 4.57 Å². The highest BCUT2D eigenvalue weighted by Gasteiger charge is 2.09. The molecule has 3 rings (SSSR count). The number of rotatable bonds is 2. The van der Waals surface area contributed by atoms with Crippen LogP contribution in [0.1, 0.15) is 5.56 Å². The van der Waals surface area contributed by atoms with Gasteiger partial charge < -0.3 is 10.2 Å². The Bertz CT molecular complexity index is 787. The highest BCUT2D eigenvalue weighted by Crippen LogP contribution is 2.18. The first-order valence-corrected chi connectivity index (χ1v) is 6.56. The number of anilines is 1. The van der Waals surface area contributed by atoms with Crippen LogP contribution in [-0.4, -0.2) is 4.57 Å². The normalized spacial score (nSPS) is 11.0. The molecular weight excluding hydrogens is 308 g/mol. The number of nitrogens with zero attached hydrogens (tertiary/aromatic N) is 1. The Kier molecular flexibility index (Phi) is 2.91. The maximum absolute atomic E-state index is 11.9. The molecule has 1 aromatic heterocycles. The molecule has 96 valence electrons. The van der Waals surface area contributed by atoms with Crippen molar-refractivity contribution in [2.75, 3.05) is 5.73 Å². The maximum Gasteiger partial charge on any atom is 0.420 e. The van der Waals surface area contributed by atoms with Crippen molar-refractivity contribution in [3.8, 4) is 0 Å². The fourth-order valence-electron chi connectivity index (χ4n) is 2.01. The Hall–Kier alpha value is -2.01. The largest absolute Gasteiger partial charge is 0.420 e. The Balaban J connectivity index is 2.07. The third-order valence-corrected chi connectivity index (χ3v) is 3.47. The summed E-state index contributed by atoms with van der Waals surface area (Å²) in [5.41, 5.74) is 8.56. The Morgan fingerprint density at radius 1 is 1.16 bits per heavy atom. The molecule has 4 nitrogen and oxygen atoms in total. The zero-order valence-electron chi connectivity index (χ0n) is 9.97. The van der Waals surface area contributed by atoms with Gasteiger partial charge in [0, 0.05) is 16.2 Å². The summed E-state index contributed by atoms with van der Waals surface area (Å²) in [6.07, 6.45) is 0. The van der Waals surface area contributed by atoms with Gasteiger partial charge in [0.15, 0.2) is 5.58 Å². The zero-order chi connectivity index (χ0) is 13.4. The van der Waals surface area contributed by atoms with Crippen LogP contribution in [0.4, 0.5) is 5.69 Å². The van der Waals surface area contributed by atoms with Crippen LogP contribution in [0.2, 0.25) is 0 Å². The highest BCUT2D eigenvalue weighted by molar-refractivity contribution is 9.10. The van der Waals surface area contributed by atoms with Gasteiger partial charge in [0.2, 0.25) is 0 Å². The summed E-state index contributed by atoms with van der Waals surface area (Å²) >= 11 is 3.38. The van der Waals surface area contributed by atoms with Gasteiger partial charge in [-0.15, -0.1) is 0 Å². The molecule has 2 N–H and O–H groups in total. The van der Waals surface area contributed by atoms with Gasteiger partial charge in [-0.05, 0) is 29.8 Å². The first-order chi connectivity index (χ1) is 9.13. The van der Waals surface area contributed by atoms with E-state index in [1.807, 2.05) is 24.3 Å². The van der Waals surface area contributed by atoms with Crippen LogP contribution in [-0.2, 0) is 6.54 Å². The minimum Gasteiger partial charge on any atom is -0.408 e. The van der Waals surface area contributed by atoms with E-state index < -0.39 is 0 Å². The van der Waals surface area contributed by atoms with Crippen molar-refractivity contribution >= 4 is 32.7 Å². The van der Waals surface area contributed by atoms with E-state index in [0.717, 1.165) is 15.6 Å². The fourth-order valence-corrected chi connectivity index (χ4v) is 2.27.